The molecule has 24 heavy (non-hydrogen) atoms. The molecular weight excluding hydrogens is 300 g/mol. The predicted octanol–water partition coefficient (Wildman–Crippen LogP) is 3.57. The molecule has 0 radical (unpaired) electrons. The van der Waals surface area contributed by atoms with Crippen molar-refractivity contribution in [2.45, 2.75) is 53.2 Å². The van der Waals surface area contributed by atoms with Gasteiger partial charge in [-0.25, -0.2) is 9.78 Å². The van der Waals surface area contributed by atoms with Gasteiger partial charge in [-0.15, -0.1) is 0 Å². The fourth-order valence-electron chi connectivity index (χ4n) is 2.50. The number of rotatable bonds is 7. The fraction of sp³-hybridized carbons (Fsp3) is 0.474. The summed E-state index contributed by atoms with van der Waals surface area (Å²) in [4.78, 5) is 18.6. The molecule has 1 heterocycles. The van der Waals surface area contributed by atoms with Crippen LogP contribution in [0.1, 0.15) is 44.1 Å². The van der Waals surface area contributed by atoms with E-state index in [1.165, 1.54) is 11.1 Å². The molecule has 5 heteroatoms. The van der Waals surface area contributed by atoms with Crippen molar-refractivity contribution >= 4 is 6.03 Å². The quantitative estimate of drug-likeness (QED) is 0.845. The van der Waals surface area contributed by atoms with Crippen LogP contribution in [0.4, 0.5) is 4.79 Å². The second-order valence-corrected chi connectivity index (χ2v) is 6.41. The van der Waals surface area contributed by atoms with Crippen molar-refractivity contribution in [2.75, 3.05) is 6.54 Å². The Kier molecular flexibility index (Phi) is 6.41. The molecule has 0 saturated heterocycles. The summed E-state index contributed by atoms with van der Waals surface area (Å²) in [5.74, 6) is 0.899. The molecule has 0 saturated carbocycles. The molecule has 0 aliphatic carbocycles. The molecule has 0 atom stereocenters. The van der Waals surface area contributed by atoms with E-state index in [-0.39, 0.29) is 12.1 Å². The number of amides is 2. The van der Waals surface area contributed by atoms with Crippen molar-refractivity contribution in [2.24, 2.45) is 0 Å². The highest BCUT2D eigenvalue weighted by Crippen LogP contribution is 2.11. The molecule has 2 rings (SSSR count). The van der Waals surface area contributed by atoms with Crippen LogP contribution in [0.5, 0.6) is 0 Å². The SMILES string of the molecule is CCCNC(=O)N(Cc1nccn1Cc1ccc(C)cc1)C(C)C. The van der Waals surface area contributed by atoms with Crippen LogP contribution in [-0.4, -0.2) is 33.1 Å². The molecule has 0 aliphatic rings. The van der Waals surface area contributed by atoms with Gasteiger partial charge in [0.1, 0.15) is 5.82 Å². The van der Waals surface area contributed by atoms with Crippen molar-refractivity contribution in [1.82, 2.24) is 19.8 Å². The van der Waals surface area contributed by atoms with Gasteiger partial charge in [-0.2, -0.15) is 0 Å². The van der Waals surface area contributed by atoms with E-state index in [0.717, 1.165) is 18.8 Å². The molecule has 5 nitrogen and oxygen atoms in total. The van der Waals surface area contributed by atoms with Gasteiger partial charge in [0.05, 0.1) is 6.54 Å². The zero-order valence-corrected chi connectivity index (χ0v) is 15.1. The van der Waals surface area contributed by atoms with Gasteiger partial charge in [-0.05, 0) is 32.8 Å². The lowest BCUT2D eigenvalue weighted by Gasteiger charge is -2.27. The number of aryl methyl sites for hydroxylation is 1. The summed E-state index contributed by atoms with van der Waals surface area (Å²) in [7, 11) is 0. The normalized spacial score (nSPS) is 10.9. The summed E-state index contributed by atoms with van der Waals surface area (Å²) in [6.07, 6.45) is 4.70. The first-order valence-electron chi connectivity index (χ1n) is 8.61. The van der Waals surface area contributed by atoms with Gasteiger partial charge in [0.15, 0.2) is 0 Å². The smallest absolute Gasteiger partial charge is 0.318 e. The van der Waals surface area contributed by atoms with Gasteiger partial charge in [0.25, 0.3) is 0 Å². The number of hydrogen-bond donors (Lipinski definition) is 1. The molecule has 0 bridgehead atoms. The summed E-state index contributed by atoms with van der Waals surface area (Å²) >= 11 is 0. The summed E-state index contributed by atoms with van der Waals surface area (Å²) in [5.41, 5.74) is 2.48. The van der Waals surface area contributed by atoms with Crippen molar-refractivity contribution < 1.29 is 4.79 Å². The molecule has 2 aromatic rings. The zero-order valence-electron chi connectivity index (χ0n) is 15.1. The second kappa shape index (κ2) is 8.52. The van der Waals surface area contributed by atoms with Gasteiger partial charge in [-0.3, -0.25) is 0 Å². The highest BCUT2D eigenvalue weighted by Gasteiger charge is 2.19. The van der Waals surface area contributed by atoms with Crippen LogP contribution in [0, 0.1) is 6.92 Å². The Morgan fingerprint density at radius 3 is 2.62 bits per heavy atom. The molecule has 1 N–H and O–H groups in total. The zero-order chi connectivity index (χ0) is 17.5. The van der Waals surface area contributed by atoms with E-state index in [2.05, 4.69) is 46.1 Å². The van der Waals surface area contributed by atoms with Crippen molar-refractivity contribution in [1.29, 1.82) is 0 Å². The van der Waals surface area contributed by atoms with E-state index in [4.69, 9.17) is 0 Å². The second-order valence-electron chi connectivity index (χ2n) is 6.41. The number of aromatic nitrogens is 2. The van der Waals surface area contributed by atoms with E-state index in [9.17, 15) is 4.79 Å². The monoisotopic (exact) mass is 328 g/mol. The van der Waals surface area contributed by atoms with Crippen molar-refractivity contribution in [3.05, 3.63) is 53.6 Å². The van der Waals surface area contributed by atoms with E-state index in [1.54, 1.807) is 6.20 Å². The largest absolute Gasteiger partial charge is 0.338 e. The van der Waals surface area contributed by atoms with Gasteiger partial charge in [0, 0.05) is 31.5 Å². The molecular formula is C19H28N4O. The number of urea groups is 1. The number of imidazole rings is 1. The molecule has 1 aromatic heterocycles. The van der Waals surface area contributed by atoms with Crippen LogP contribution >= 0.6 is 0 Å². The van der Waals surface area contributed by atoms with Gasteiger partial charge >= 0.3 is 6.03 Å². The van der Waals surface area contributed by atoms with Gasteiger partial charge in [-0.1, -0.05) is 36.8 Å². The average molecular weight is 328 g/mol. The summed E-state index contributed by atoms with van der Waals surface area (Å²) in [6.45, 7) is 10.2. The first-order valence-corrected chi connectivity index (χ1v) is 8.61. The van der Waals surface area contributed by atoms with Crippen molar-refractivity contribution in [3.8, 4) is 0 Å². The Hall–Kier alpha value is -2.30. The predicted molar refractivity (Wildman–Crippen MR) is 96.9 cm³/mol. The maximum atomic E-state index is 12.4. The maximum absolute atomic E-state index is 12.4. The number of carbonyl (C=O) groups excluding carboxylic acids is 1. The Morgan fingerprint density at radius 1 is 1.29 bits per heavy atom. The highest BCUT2D eigenvalue weighted by molar-refractivity contribution is 5.74. The van der Waals surface area contributed by atoms with Crippen LogP contribution in [0.25, 0.3) is 0 Å². The first-order chi connectivity index (χ1) is 11.5. The fourth-order valence-corrected chi connectivity index (χ4v) is 2.50. The van der Waals surface area contributed by atoms with Crippen LogP contribution in [-0.2, 0) is 13.1 Å². The van der Waals surface area contributed by atoms with E-state index in [1.807, 2.05) is 31.9 Å². The maximum Gasteiger partial charge on any atom is 0.318 e. The summed E-state index contributed by atoms with van der Waals surface area (Å²) < 4.78 is 2.10. The third kappa shape index (κ3) is 4.85. The van der Waals surface area contributed by atoms with E-state index < -0.39 is 0 Å². The van der Waals surface area contributed by atoms with Gasteiger partial charge < -0.3 is 14.8 Å². The first kappa shape index (κ1) is 18.0. The minimum atomic E-state index is -0.0308. The molecule has 0 spiro atoms. The van der Waals surface area contributed by atoms with Gasteiger partial charge in [0.2, 0.25) is 0 Å². The standard InChI is InChI=1S/C19H28N4O/c1-5-10-21-19(24)23(15(2)3)14-18-20-11-12-22(18)13-17-8-6-16(4)7-9-17/h6-9,11-12,15H,5,10,13-14H2,1-4H3,(H,21,24). The number of nitrogens with one attached hydrogen (secondary N) is 1. The Balaban J connectivity index is 2.09. The third-order valence-electron chi connectivity index (χ3n) is 4.00. The number of benzene rings is 1. The van der Waals surface area contributed by atoms with Crippen molar-refractivity contribution in [3.63, 3.8) is 0 Å². The number of nitrogens with zero attached hydrogens (tertiary/aromatic N) is 3. The number of hydrogen-bond acceptors (Lipinski definition) is 2. The van der Waals surface area contributed by atoms with Crippen LogP contribution in [0.2, 0.25) is 0 Å². The lowest BCUT2D eigenvalue weighted by Crippen LogP contribution is -2.44. The van der Waals surface area contributed by atoms with Crippen LogP contribution in [0.3, 0.4) is 0 Å². The molecule has 0 unspecified atom stereocenters. The average Bonchev–Trinajstić information content (AvgIpc) is 2.99. The summed E-state index contributed by atoms with van der Waals surface area (Å²) in [6, 6.07) is 8.58. The van der Waals surface area contributed by atoms with Crippen LogP contribution in [0.15, 0.2) is 36.7 Å². The van der Waals surface area contributed by atoms with E-state index >= 15 is 0 Å². The molecule has 0 aliphatic heterocycles. The lowest BCUT2D eigenvalue weighted by molar-refractivity contribution is 0.177. The number of carbonyl (C=O) groups is 1. The third-order valence-corrected chi connectivity index (χ3v) is 4.00. The molecule has 1 aromatic carbocycles. The minimum absolute atomic E-state index is 0.0308. The highest BCUT2D eigenvalue weighted by atomic mass is 16.2. The Labute approximate surface area is 144 Å². The molecule has 2 amide bonds. The topological polar surface area (TPSA) is 50.2 Å². The Bertz CT molecular complexity index is 646. The minimum Gasteiger partial charge on any atom is -0.338 e. The molecule has 0 fully saturated rings. The lowest BCUT2D eigenvalue weighted by atomic mass is 10.1. The Morgan fingerprint density at radius 2 is 2.00 bits per heavy atom. The van der Waals surface area contributed by atoms with Crippen LogP contribution < -0.4 is 5.32 Å². The summed E-state index contributed by atoms with van der Waals surface area (Å²) in [5, 5.41) is 2.95. The van der Waals surface area contributed by atoms with E-state index in [0.29, 0.717) is 13.1 Å². The molecule has 130 valence electrons.